The molecule has 2 amide bonds. The molecular weight excluding hydrogens is 438 g/mol. The van der Waals surface area contributed by atoms with Crippen LogP contribution in [0.25, 0.3) is 0 Å². The molecule has 0 unspecified atom stereocenters. The largest absolute Gasteiger partial charge is 0.465 e. The Labute approximate surface area is 188 Å². The lowest BCUT2D eigenvalue weighted by atomic mass is 9.87. The van der Waals surface area contributed by atoms with E-state index in [1.54, 1.807) is 48.5 Å². The molecule has 0 bridgehead atoms. The summed E-state index contributed by atoms with van der Waals surface area (Å²) in [5.74, 6) is -1.68. The molecule has 7 nitrogen and oxygen atoms in total. The highest BCUT2D eigenvalue weighted by Gasteiger charge is 2.30. The maximum Gasteiger partial charge on any atom is 0.339 e. The van der Waals surface area contributed by atoms with Gasteiger partial charge >= 0.3 is 5.97 Å². The third kappa shape index (κ3) is 5.45. The van der Waals surface area contributed by atoms with Crippen molar-refractivity contribution in [2.75, 3.05) is 18.2 Å². The number of halogens is 1. The number of nitrogens with zero attached hydrogens (tertiary/aromatic N) is 1. The summed E-state index contributed by atoms with van der Waals surface area (Å²) in [6, 6.07) is 15.6. The highest BCUT2D eigenvalue weighted by Crippen LogP contribution is 2.36. The molecule has 0 saturated heterocycles. The van der Waals surface area contributed by atoms with E-state index < -0.39 is 17.8 Å². The summed E-state index contributed by atoms with van der Waals surface area (Å²) >= 11 is 6.99. The Morgan fingerprint density at radius 3 is 2.65 bits per heavy atom. The minimum atomic E-state index is -0.566. The average Bonchev–Trinajstić information content (AvgIpc) is 2.77. The van der Waals surface area contributed by atoms with E-state index in [4.69, 9.17) is 16.3 Å². The average molecular weight is 456 g/mol. The number of hydrogen-bond acceptors (Lipinski definition) is 6. The number of ether oxygens (including phenoxy) is 1. The lowest BCUT2D eigenvalue weighted by Crippen LogP contribution is -2.31. The number of methoxy groups -OCH3 is 1. The maximum atomic E-state index is 12.5. The van der Waals surface area contributed by atoms with Crippen LogP contribution in [0, 0.1) is 11.3 Å². The number of anilines is 1. The predicted octanol–water partition coefficient (Wildman–Crippen LogP) is 3.84. The Balaban J connectivity index is 1.76. The second-order valence-electron chi connectivity index (χ2n) is 6.59. The molecule has 1 aliphatic heterocycles. The van der Waals surface area contributed by atoms with E-state index in [2.05, 4.69) is 16.7 Å². The second kappa shape index (κ2) is 10.2. The van der Waals surface area contributed by atoms with Crippen molar-refractivity contribution in [2.24, 2.45) is 0 Å². The van der Waals surface area contributed by atoms with Crippen molar-refractivity contribution in [3.8, 4) is 6.07 Å². The van der Waals surface area contributed by atoms with E-state index >= 15 is 0 Å². The van der Waals surface area contributed by atoms with Crippen molar-refractivity contribution in [1.82, 2.24) is 5.32 Å². The summed E-state index contributed by atoms with van der Waals surface area (Å²) in [7, 11) is 1.26. The van der Waals surface area contributed by atoms with Crippen LogP contribution in [0.3, 0.4) is 0 Å². The number of nitrogens with one attached hydrogen (secondary N) is 2. The van der Waals surface area contributed by atoms with Crippen LogP contribution in [0.4, 0.5) is 5.69 Å². The van der Waals surface area contributed by atoms with Crippen LogP contribution < -0.4 is 10.6 Å². The first kappa shape index (κ1) is 22.4. The lowest BCUT2D eigenvalue weighted by Gasteiger charge is -2.25. The van der Waals surface area contributed by atoms with Gasteiger partial charge in [-0.1, -0.05) is 47.6 Å². The first-order valence-corrected chi connectivity index (χ1v) is 10.6. The van der Waals surface area contributed by atoms with Crippen molar-refractivity contribution < 1.29 is 19.1 Å². The molecular formula is C22H18ClN3O4S. The summed E-state index contributed by atoms with van der Waals surface area (Å²) in [6.45, 7) is 0. The van der Waals surface area contributed by atoms with Gasteiger partial charge in [0.05, 0.1) is 40.8 Å². The van der Waals surface area contributed by atoms with E-state index in [9.17, 15) is 19.6 Å². The fourth-order valence-electron chi connectivity index (χ4n) is 3.12. The van der Waals surface area contributed by atoms with E-state index in [1.165, 1.54) is 7.11 Å². The minimum absolute atomic E-state index is 0.0658. The molecule has 0 fully saturated rings. The molecule has 3 rings (SSSR count). The molecule has 0 aromatic heterocycles. The van der Waals surface area contributed by atoms with Crippen LogP contribution in [-0.4, -0.2) is 30.6 Å². The van der Waals surface area contributed by atoms with Crippen molar-refractivity contribution in [3.05, 3.63) is 75.3 Å². The summed E-state index contributed by atoms with van der Waals surface area (Å²) in [6.07, 6.45) is 0.132. The topological polar surface area (TPSA) is 108 Å². The van der Waals surface area contributed by atoms with E-state index in [0.717, 1.165) is 17.3 Å². The van der Waals surface area contributed by atoms with Gasteiger partial charge in [-0.05, 0) is 29.8 Å². The van der Waals surface area contributed by atoms with Gasteiger partial charge in [-0.3, -0.25) is 9.59 Å². The van der Waals surface area contributed by atoms with Crippen LogP contribution in [-0.2, 0) is 14.3 Å². The quantitative estimate of drug-likeness (QED) is 0.640. The van der Waals surface area contributed by atoms with Crippen LogP contribution in [0.1, 0.15) is 28.3 Å². The molecule has 2 N–H and O–H groups in total. The van der Waals surface area contributed by atoms with Gasteiger partial charge in [0.1, 0.15) is 0 Å². The molecule has 0 saturated carbocycles. The predicted molar refractivity (Wildman–Crippen MR) is 118 cm³/mol. The molecule has 2 aromatic rings. The lowest BCUT2D eigenvalue weighted by molar-refractivity contribution is -0.121. The number of carbonyl (C=O) groups excluding carboxylic acids is 3. The maximum absolute atomic E-state index is 12.5. The zero-order valence-corrected chi connectivity index (χ0v) is 18.0. The number of benzene rings is 2. The SMILES string of the molecule is COC(=O)c1ccccc1NC(=O)CSC1=C(C#N)[C@@H](c2ccc(Cl)cc2)CC(=O)N1. The Morgan fingerprint density at radius 1 is 1.26 bits per heavy atom. The van der Waals surface area contributed by atoms with Crippen molar-refractivity contribution in [2.45, 2.75) is 12.3 Å². The molecule has 0 spiro atoms. The van der Waals surface area contributed by atoms with Gasteiger partial charge in [-0.25, -0.2) is 4.79 Å². The summed E-state index contributed by atoms with van der Waals surface area (Å²) in [5.41, 5.74) is 1.73. The van der Waals surface area contributed by atoms with Crippen molar-refractivity contribution >= 4 is 46.8 Å². The Kier molecular flexibility index (Phi) is 7.34. The molecule has 1 heterocycles. The number of nitriles is 1. The Hall–Kier alpha value is -3.28. The summed E-state index contributed by atoms with van der Waals surface area (Å²) in [4.78, 5) is 36.5. The number of thioether (sulfide) groups is 1. The number of esters is 1. The van der Waals surface area contributed by atoms with Gasteiger partial charge in [0.25, 0.3) is 0 Å². The van der Waals surface area contributed by atoms with E-state index in [0.29, 0.717) is 21.3 Å². The fourth-order valence-corrected chi connectivity index (χ4v) is 4.12. The van der Waals surface area contributed by atoms with Gasteiger partial charge in [0.2, 0.25) is 11.8 Å². The normalized spacial score (nSPS) is 15.6. The molecule has 1 aliphatic rings. The molecule has 1 atom stereocenters. The van der Waals surface area contributed by atoms with Gasteiger partial charge in [-0.15, -0.1) is 0 Å². The molecule has 158 valence electrons. The van der Waals surface area contributed by atoms with Crippen LogP contribution in [0.5, 0.6) is 0 Å². The molecule has 0 radical (unpaired) electrons. The highest BCUT2D eigenvalue weighted by atomic mass is 35.5. The van der Waals surface area contributed by atoms with Crippen molar-refractivity contribution in [1.29, 1.82) is 5.26 Å². The minimum Gasteiger partial charge on any atom is -0.465 e. The standard InChI is InChI=1S/C22H18ClN3O4S/c1-30-22(29)15-4-2-3-5-18(15)25-20(28)12-31-21-17(11-24)16(10-19(27)26-21)13-6-8-14(23)9-7-13/h2-9,16H,10,12H2,1H3,(H,25,28)(H,26,27)/t16-/m1/s1. The molecule has 9 heteroatoms. The Morgan fingerprint density at radius 2 is 1.97 bits per heavy atom. The van der Waals surface area contributed by atoms with Gasteiger partial charge < -0.3 is 15.4 Å². The van der Waals surface area contributed by atoms with E-state index in [-0.39, 0.29) is 23.6 Å². The number of carbonyl (C=O) groups is 3. The number of para-hydroxylation sites is 1. The van der Waals surface area contributed by atoms with Crippen molar-refractivity contribution in [3.63, 3.8) is 0 Å². The monoisotopic (exact) mass is 455 g/mol. The number of rotatable bonds is 6. The smallest absolute Gasteiger partial charge is 0.339 e. The Bertz CT molecular complexity index is 1090. The number of hydrogen-bond donors (Lipinski definition) is 2. The van der Waals surface area contributed by atoms with Crippen LogP contribution in [0.2, 0.25) is 5.02 Å². The van der Waals surface area contributed by atoms with Gasteiger partial charge in [-0.2, -0.15) is 5.26 Å². The first-order valence-electron chi connectivity index (χ1n) is 9.22. The molecule has 2 aromatic carbocycles. The summed E-state index contributed by atoms with van der Waals surface area (Å²) < 4.78 is 4.72. The molecule has 0 aliphatic carbocycles. The van der Waals surface area contributed by atoms with Crippen LogP contribution in [0.15, 0.2) is 59.1 Å². The first-order chi connectivity index (χ1) is 14.9. The highest BCUT2D eigenvalue weighted by molar-refractivity contribution is 8.03. The van der Waals surface area contributed by atoms with Gasteiger partial charge in [0.15, 0.2) is 0 Å². The number of amides is 2. The zero-order chi connectivity index (χ0) is 22.4. The number of allylic oxidation sites excluding steroid dienone is 1. The molecule has 31 heavy (non-hydrogen) atoms. The zero-order valence-electron chi connectivity index (χ0n) is 16.5. The van der Waals surface area contributed by atoms with Gasteiger partial charge in [0, 0.05) is 17.4 Å². The third-order valence-electron chi connectivity index (χ3n) is 4.58. The van der Waals surface area contributed by atoms with Crippen LogP contribution >= 0.6 is 23.4 Å². The second-order valence-corrected chi connectivity index (χ2v) is 8.01. The third-order valence-corrected chi connectivity index (χ3v) is 5.85. The summed E-state index contributed by atoms with van der Waals surface area (Å²) in [5, 5.41) is 16.0. The fraction of sp³-hybridized carbons (Fsp3) is 0.182. The van der Waals surface area contributed by atoms with E-state index in [1.807, 2.05) is 0 Å².